The summed E-state index contributed by atoms with van der Waals surface area (Å²) in [6.45, 7) is 1.78. The van der Waals surface area contributed by atoms with Crippen LogP contribution in [0.15, 0.2) is 47.8 Å². The lowest BCUT2D eigenvalue weighted by Gasteiger charge is -2.15. The molecule has 0 bridgehead atoms. The normalized spacial score (nSPS) is 11.4. The highest BCUT2D eigenvalue weighted by Gasteiger charge is 2.31. The number of hydrogen-bond donors (Lipinski definition) is 2. The molecular weight excluding hydrogens is 363 g/mol. The molecule has 1 amide bonds. The van der Waals surface area contributed by atoms with E-state index in [4.69, 9.17) is 5.73 Å². The van der Waals surface area contributed by atoms with E-state index in [-0.39, 0.29) is 11.3 Å². The Kier molecular flexibility index (Phi) is 4.69. The third-order valence-corrected chi connectivity index (χ3v) is 4.62. The van der Waals surface area contributed by atoms with Crippen molar-refractivity contribution in [2.24, 2.45) is 5.73 Å². The molecule has 0 aliphatic carbocycles. The summed E-state index contributed by atoms with van der Waals surface area (Å²) in [5.74, 6) is -0.233. The Balaban J connectivity index is 2.14. The Morgan fingerprint density at radius 1 is 1.19 bits per heavy atom. The van der Waals surface area contributed by atoms with Crippen molar-refractivity contribution < 1.29 is 18.0 Å². The second-order valence-electron chi connectivity index (χ2n) is 5.57. The highest BCUT2D eigenvalue weighted by molar-refractivity contribution is 7.14. The summed E-state index contributed by atoms with van der Waals surface area (Å²) in [6, 6.07) is 10.0. The molecule has 0 unspecified atom stereocenters. The molecule has 0 spiro atoms. The van der Waals surface area contributed by atoms with Crippen LogP contribution in [0.3, 0.4) is 0 Å². The van der Waals surface area contributed by atoms with Gasteiger partial charge in [-0.3, -0.25) is 4.79 Å². The van der Waals surface area contributed by atoms with Crippen LogP contribution < -0.4 is 11.1 Å². The standard InChI is InChI=1S/C18H14F3N3OS/c1-10-3-2-4-15(23-10)24-14-9-11(18(19,20)21)5-6-12(14)16-13(17(22)25)7-8-26-16/h2-9H,1H3,(H2,22,25)(H,23,24). The Morgan fingerprint density at radius 2 is 1.96 bits per heavy atom. The predicted octanol–water partition coefficient (Wildman–Crippen LogP) is 4.98. The molecule has 0 saturated heterocycles. The highest BCUT2D eigenvalue weighted by atomic mass is 32.1. The topological polar surface area (TPSA) is 68.0 Å². The molecule has 4 nitrogen and oxygen atoms in total. The van der Waals surface area contributed by atoms with E-state index in [2.05, 4.69) is 10.3 Å². The lowest BCUT2D eigenvalue weighted by atomic mass is 10.0. The van der Waals surface area contributed by atoms with Gasteiger partial charge < -0.3 is 11.1 Å². The van der Waals surface area contributed by atoms with E-state index >= 15 is 0 Å². The summed E-state index contributed by atoms with van der Waals surface area (Å²) < 4.78 is 39.4. The van der Waals surface area contributed by atoms with Gasteiger partial charge in [0.2, 0.25) is 5.91 Å². The van der Waals surface area contributed by atoms with Crippen LogP contribution in [0.1, 0.15) is 21.6 Å². The number of anilines is 2. The maximum atomic E-state index is 13.1. The van der Waals surface area contributed by atoms with E-state index < -0.39 is 17.6 Å². The first-order chi connectivity index (χ1) is 12.3. The van der Waals surface area contributed by atoms with E-state index in [1.54, 1.807) is 36.6 Å². The number of carbonyl (C=O) groups is 1. The van der Waals surface area contributed by atoms with E-state index in [9.17, 15) is 18.0 Å². The molecule has 26 heavy (non-hydrogen) atoms. The molecule has 0 aliphatic heterocycles. The summed E-state index contributed by atoms with van der Waals surface area (Å²) in [5, 5.41) is 4.59. The van der Waals surface area contributed by atoms with Crippen LogP contribution in [0.25, 0.3) is 10.4 Å². The Hall–Kier alpha value is -2.87. The molecule has 134 valence electrons. The lowest BCUT2D eigenvalue weighted by Crippen LogP contribution is -2.11. The van der Waals surface area contributed by atoms with Crippen molar-refractivity contribution in [3.63, 3.8) is 0 Å². The largest absolute Gasteiger partial charge is 0.416 e. The van der Waals surface area contributed by atoms with Crippen LogP contribution in [0.4, 0.5) is 24.7 Å². The van der Waals surface area contributed by atoms with E-state index in [1.807, 2.05) is 0 Å². The molecular formula is C18H14F3N3OS. The van der Waals surface area contributed by atoms with Crippen molar-refractivity contribution >= 4 is 28.7 Å². The number of nitrogens with two attached hydrogens (primary N) is 1. The predicted molar refractivity (Wildman–Crippen MR) is 95.5 cm³/mol. The van der Waals surface area contributed by atoms with Gasteiger partial charge in [-0.25, -0.2) is 4.98 Å². The number of primary amides is 1. The van der Waals surface area contributed by atoms with Crippen LogP contribution in [0.5, 0.6) is 0 Å². The number of benzene rings is 1. The third kappa shape index (κ3) is 3.70. The van der Waals surface area contributed by atoms with Crippen molar-refractivity contribution in [1.82, 2.24) is 4.98 Å². The minimum Gasteiger partial charge on any atom is -0.366 e. The maximum Gasteiger partial charge on any atom is 0.416 e. The second kappa shape index (κ2) is 6.80. The minimum atomic E-state index is -4.49. The van der Waals surface area contributed by atoms with Crippen molar-refractivity contribution in [3.8, 4) is 10.4 Å². The number of thiophene rings is 1. The summed E-state index contributed by atoms with van der Waals surface area (Å²) in [5.41, 5.74) is 6.20. The Morgan fingerprint density at radius 3 is 2.62 bits per heavy atom. The van der Waals surface area contributed by atoms with E-state index in [0.717, 1.165) is 17.8 Å². The number of alkyl halides is 3. The van der Waals surface area contributed by atoms with Crippen LogP contribution >= 0.6 is 11.3 Å². The molecule has 3 aromatic rings. The fraction of sp³-hybridized carbons (Fsp3) is 0.111. The highest BCUT2D eigenvalue weighted by Crippen LogP contribution is 2.40. The average molecular weight is 377 g/mol. The number of nitrogens with zero attached hydrogens (tertiary/aromatic N) is 1. The summed E-state index contributed by atoms with van der Waals surface area (Å²) in [4.78, 5) is 16.4. The number of nitrogens with one attached hydrogen (secondary N) is 1. The molecule has 3 rings (SSSR count). The van der Waals surface area contributed by atoms with Gasteiger partial charge in [-0.1, -0.05) is 12.1 Å². The zero-order chi connectivity index (χ0) is 18.9. The summed E-state index contributed by atoms with van der Waals surface area (Å²) in [6.07, 6.45) is -4.49. The fourth-order valence-electron chi connectivity index (χ4n) is 2.48. The number of amides is 1. The molecule has 2 aromatic heterocycles. The zero-order valence-electron chi connectivity index (χ0n) is 13.6. The second-order valence-corrected chi connectivity index (χ2v) is 6.49. The SMILES string of the molecule is Cc1cccc(Nc2cc(C(F)(F)F)ccc2-c2sccc2C(N)=O)n1. The molecule has 0 aliphatic rings. The molecule has 0 atom stereocenters. The first-order valence-corrected chi connectivity index (χ1v) is 8.43. The van der Waals surface area contributed by atoms with Crippen molar-refractivity contribution in [3.05, 3.63) is 64.7 Å². The first-order valence-electron chi connectivity index (χ1n) is 7.55. The van der Waals surface area contributed by atoms with Gasteiger partial charge in [0.1, 0.15) is 5.82 Å². The Labute approximate surface area is 151 Å². The van der Waals surface area contributed by atoms with Crippen LogP contribution in [-0.4, -0.2) is 10.9 Å². The van der Waals surface area contributed by atoms with Crippen molar-refractivity contribution in [2.45, 2.75) is 13.1 Å². The molecule has 0 radical (unpaired) electrons. The monoisotopic (exact) mass is 377 g/mol. The number of halogens is 3. The van der Waals surface area contributed by atoms with Crippen LogP contribution in [0, 0.1) is 6.92 Å². The van der Waals surface area contributed by atoms with Gasteiger partial charge in [0.05, 0.1) is 11.1 Å². The molecule has 2 heterocycles. The fourth-order valence-corrected chi connectivity index (χ4v) is 3.43. The quantitative estimate of drug-likeness (QED) is 0.674. The molecule has 3 N–H and O–H groups in total. The smallest absolute Gasteiger partial charge is 0.366 e. The van der Waals surface area contributed by atoms with Gasteiger partial charge in [-0.05, 0) is 42.6 Å². The number of rotatable bonds is 4. The molecule has 1 aromatic carbocycles. The molecule has 0 fully saturated rings. The first kappa shape index (κ1) is 17.9. The molecule has 0 saturated carbocycles. The number of aryl methyl sites for hydroxylation is 1. The molecule has 8 heteroatoms. The number of aromatic nitrogens is 1. The average Bonchev–Trinajstić information content (AvgIpc) is 3.03. The van der Waals surface area contributed by atoms with Crippen LogP contribution in [0.2, 0.25) is 0 Å². The number of carbonyl (C=O) groups excluding carboxylic acids is 1. The van der Waals surface area contributed by atoms with Gasteiger partial charge >= 0.3 is 6.18 Å². The van der Waals surface area contributed by atoms with E-state index in [1.165, 1.54) is 17.4 Å². The van der Waals surface area contributed by atoms with Gasteiger partial charge in [0, 0.05) is 21.8 Å². The van der Waals surface area contributed by atoms with Gasteiger partial charge in [-0.2, -0.15) is 13.2 Å². The van der Waals surface area contributed by atoms with Gasteiger partial charge in [-0.15, -0.1) is 11.3 Å². The number of pyridine rings is 1. The summed E-state index contributed by atoms with van der Waals surface area (Å²) >= 11 is 1.23. The third-order valence-electron chi connectivity index (χ3n) is 3.67. The van der Waals surface area contributed by atoms with Crippen molar-refractivity contribution in [2.75, 3.05) is 5.32 Å². The maximum absolute atomic E-state index is 13.1. The summed E-state index contributed by atoms with van der Waals surface area (Å²) in [7, 11) is 0. The van der Waals surface area contributed by atoms with Gasteiger partial charge in [0.15, 0.2) is 0 Å². The minimum absolute atomic E-state index is 0.197. The van der Waals surface area contributed by atoms with Crippen molar-refractivity contribution in [1.29, 1.82) is 0 Å². The Bertz CT molecular complexity index is 966. The zero-order valence-corrected chi connectivity index (χ0v) is 14.4. The van der Waals surface area contributed by atoms with Crippen LogP contribution in [-0.2, 0) is 6.18 Å². The van der Waals surface area contributed by atoms with Gasteiger partial charge in [0.25, 0.3) is 0 Å². The van der Waals surface area contributed by atoms with E-state index in [0.29, 0.717) is 16.3 Å². The number of hydrogen-bond acceptors (Lipinski definition) is 4. The lowest BCUT2D eigenvalue weighted by molar-refractivity contribution is -0.137.